The van der Waals surface area contributed by atoms with Crippen molar-refractivity contribution in [1.82, 2.24) is 0 Å². The number of carboxylic acids is 1. The summed E-state index contributed by atoms with van der Waals surface area (Å²) in [6.07, 6.45) is 10.4. The summed E-state index contributed by atoms with van der Waals surface area (Å²) in [5.41, 5.74) is 1.55. The van der Waals surface area contributed by atoms with Gasteiger partial charge in [0.15, 0.2) is 5.78 Å². The number of Topliss-reactive ketones (excluding diaryl/α,β-unsaturated/α-hetero) is 1. The Balaban J connectivity index is 1.75. The van der Waals surface area contributed by atoms with Gasteiger partial charge in [-0.25, -0.2) is 0 Å². The Morgan fingerprint density at radius 3 is 2.46 bits per heavy atom. The molecule has 0 saturated heterocycles. The van der Waals surface area contributed by atoms with Crippen molar-refractivity contribution in [1.29, 1.82) is 0 Å². The Hall–Kier alpha value is -1.38. The quantitative estimate of drug-likeness (QED) is 0.494. The van der Waals surface area contributed by atoms with Gasteiger partial charge in [-0.05, 0) is 106 Å². The molecule has 0 aromatic rings. The zero-order valence-corrected chi connectivity index (χ0v) is 18.0. The van der Waals surface area contributed by atoms with Crippen LogP contribution in [-0.4, -0.2) is 16.9 Å². The monoisotopic (exact) mass is 384 g/mol. The first-order valence-corrected chi connectivity index (χ1v) is 11.2. The normalized spacial score (nSPS) is 48.0. The van der Waals surface area contributed by atoms with Gasteiger partial charge >= 0.3 is 5.97 Å². The second-order valence-corrected chi connectivity index (χ2v) is 10.8. The van der Waals surface area contributed by atoms with Crippen molar-refractivity contribution in [2.45, 2.75) is 79.1 Å². The molecule has 2 bridgehead atoms. The molecular formula is C25H36O3. The molecule has 4 rings (SSSR count). The average Bonchev–Trinajstić information content (AvgIpc) is 2.88. The number of carbonyl (C=O) groups excluding carboxylic acids is 1. The number of allylic oxidation sites excluding steroid dienone is 3. The van der Waals surface area contributed by atoms with E-state index in [4.69, 9.17) is 0 Å². The number of rotatable bonds is 3. The molecule has 1 N–H and O–H groups in total. The number of aliphatic carboxylic acids is 1. The summed E-state index contributed by atoms with van der Waals surface area (Å²) in [7, 11) is 0. The number of carboxylic acid groups (broad SMARTS) is 1. The van der Waals surface area contributed by atoms with E-state index in [2.05, 4.69) is 13.5 Å². The van der Waals surface area contributed by atoms with Crippen LogP contribution in [0.5, 0.6) is 0 Å². The van der Waals surface area contributed by atoms with Gasteiger partial charge in [0, 0.05) is 5.92 Å². The van der Waals surface area contributed by atoms with E-state index in [1.807, 2.05) is 26.8 Å². The van der Waals surface area contributed by atoms with Crippen molar-refractivity contribution in [3.8, 4) is 0 Å². The van der Waals surface area contributed by atoms with Gasteiger partial charge < -0.3 is 5.11 Å². The van der Waals surface area contributed by atoms with E-state index in [0.29, 0.717) is 29.2 Å². The molecule has 0 heterocycles. The van der Waals surface area contributed by atoms with Crippen molar-refractivity contribution < 1.29 is 14.7 Å². The van der Waals surface area contributed by atoms with Gasteiger partial charge in [-0.3, -0.25) is 9.59 Å². The van der Waals surface area contributed by atoms with E-state index >= 15 is 0 Å². The minimum absolute atomic E-state index is 0.0155. The predicted octanol–water partition coefficient (Wildman–Crippen LogP) is 5.80. The van der Waals surface area contributed by atoms with E-state index in [9.17, 15) is 14.7 Å². The summed E-state index contributed by atoms with van der Waals surface area (Å²) in [5.74, 6) is 0.220. The van der Waals surface area contributed by atoms with Crippen LogP contribution in [-0.2, 0) is 9.59 Å². The molecule has 154 valence electrons. The number of hydrogen-bond acceptors (Lipinski definition) is 2. The van der Waals surface area contributed by atoms with E-state index < -0.39 is 17.3 Å². The summed E-state index contributed by atoms with van der Waals surface area (Å²) >= 11 is 0. The minimum Gasteiger partial charge on any atom is -0.481 e. The lowest BCUT2D eigenvalue weighted by Gasteiger charge is -2.64. The van der Waals surface area contributed by atoms with E-state index in [1.54, 1.807) is 0 Å². The summed E-state index contributed by atoms with van der Waals surface area (Å²) in [5, 5.41) is 10.4. The van der Waals surface area contributed by atoms with Gasteiger partial charge in [0.05, 0.1) is 5.41 Å². The molecule has 0 aliphatic heterocycles. The lowest BCUT2D eigenvalue weighted by atomic mass is 9.39. The van der Waals surface area contributed by atoms with Gasteiger partial charge in [-0.15, -0.1) is 0 Å². The van der Waals surface area contributed by atoms with Crippen LogP contribution in [0.3, 0.4) is 0 Å². The van der Waals surface area contributed by atoms with E-state index in [1.165, 1.54) is 24.8 Å². The summed E-state index contributed by atoms with van der Waals surface area (Å²) in [6.45, 7) is 12.3. The first-order chi connectivity index (χ1) is 13.1. The average molecular weight is 385 g/mol. The van der Waals surface area contributed by atoms with E-state index in [-0.39, 0.29) is 17.1 Å². The highest BCUT2D eigenvalue weighted by molar-refractivity contribution is 6.00. The third-order valence-electron chi connectivity index (χ3n) is 9.89. The molecule has 7 atom stereocenters. The third-order valence-corrected chi connectivity index (χ3v) is 9.89. The van der Waals surface area contributed by atoms with Crippen LogP contribution in [0.4, 0.5) is 0 Å². The SMILES string of the molecule is C=C1C[C@@]23CC[C@H]4[C@@](C)(CC[C@@H](C(=O)/C(C)=C\C)[C@]4(C)C(=O)O)[C@@H]2CC[C@@H]1C3. The topological polar surface area (TPSA) is 54.4 Å². The standard InChI is InChI=1S/C25H36O3/c1-6-15(2)21(26)18-9-11-23(4)19(24(18,5)22(27)28)10-12-25-13-16(3)17(14-25)7-8-20(23)25/h6,17-20H,3,7-14H2,1-2,4-5H3,(H,27,28)/b15-6-/t17-,18+,19+,20+,23-,24+,25-/m1/s1. The van der Waals surface area contributed by atoms with Crippen LogP contribution in [0.25, 0.3) is 0 Å². The van der Waals surface area contributed by atoms with Crippen molar-refractivity contribution in [2.24, 2.45) is 39.9 Å². The van der Waals surface area contributed by atoms with E-state index in [0.717, 1.165) is 25.7 Å². The second-order valence-electron chi connectivity index (χ2n) is 10.8. The zero-order chi connectivity index (χ0) is 20.5. The van der Waals surface area contributed by atoms with Crippen molar-refractivity contribution in [2.75, 3.05) is 0 Å². The first-order valence-electron chi connectivity index (χ1n) is 11.2. The van der Waals surface area contributed by atoms with Gasteiger partial charge in [0.25, 0.3) is 0 Å². The highest BCUT2D eigenvalue weighted by Crippen LogP contribution is 2.72. The molecule has 0 aromatic heterocycles. The lowest BCUT2D eigenvalue weighted by Crippen LogP contribution is -2.62. The summed E-state index contributed by atoms with van der Waals surface area (Å²) in [4.78, 5) is 25.8. The van der Waals surface area contributed by atoms with Gasteiger partial charge in [0.2, 0.25) is 0 Å². The first kappa shape index (κ1) is 19.9. The molecule has 28 heavy (non-hydrogen) atoms. The van der Waals surface area contributed by atoms with Gasteiger partial charge in [-0.1, -0.05) is 25.2 Å². The Bertz CT molecular complexity index is 764. The Kier molecular flexibility index (Phi) is 4.49. The molecule has 1 spiro atoms. The smallest absolute Gasteiger partial charge is 0.310 e. The summed E-state index contributed by atoms with van der Waals surface area (Å²) in [6, 6.07) is 0. The van der Waals surface area contributed by atoms with Gasteiger partial charge in [-0.2, -0.15) is 0 Å². The van der Waals surface area contributed by atoms with Crippen LogP contribution in [0, 0.1) is 39.9 Å². The van der Waals surface area contributed by atoms with Crippen LogP contribution in [0.2, 0.25) is 0 Å². The van der Waals surface area contributed by atoms with Crippen molar-refractivity contribution >= 4 is 11.8 Å². The van der Waals surface area contributed by atoms with Crippen molar-refractivity contribution in [3.05, 3.63) is 23.8 Å². The molecule has 0 unspecified atom stereocenters. The molecule has 4 aliphatic rings. The molecule has 4 saturated carbocycles. The fourth-order valence-corrected chi connectivity index (χ4v) is 8.40. The van der Waals surface area contributed by atoms with Gasteiger partial charge in [0.1, 0.15) is 0 Å². The number of hydrogen-bond donors (Lipinski definition) is 1. The minimum atomic E-state index is -0.970. The van der Waals surface area contributed by atoms with Crippen molar-refractivity contribution in [3.63, 3.8) is 0 Å². The zero-order valence-electron chi connectivity index (χ0n) is 18.0. The molecular weight excluding hydrogens is 348 g/mol. The maximum Gasteiger partial charge on any atom is 0.310 e. The third kappa shape index (κ3) is 2.40. The Labute approximate surface area is 169 Å². The van der Waals surface area contributed by atoms with Crippen LogP contribution in [0.1, 0.15) is 79.1 Å². The summed E-state index contributed by atoms with van der Waals surface area (Å²) < 4.78 is 0. The highest BCUT2D eigenvalue weighted by Gasteiger charge is 2.67. The molecule has 4 fully saturated rings. The fourth-order valence-electron chi connectivity index (χ4n) is 8.40. The second kappa shape index (κ2) is 6.31. The molecule has 3 heteroatoms. The predicted molar refractivity (Wildman–Crippen MR) is 111 cm³/mol. The maximum atomic E-state index is 13.1. The highest BCUT2D eigenvalue weighted by atomic mass is 16.4. The number of ketones is 1. The number of fused-ring (bicyclic) bond motifs is 3. The number of carbonyl (C=O) groups is 2. The molecule has 0 aromatic carbocycles. The van der Waals surface area contributed by atoms with Crippen LogP contribution < -0.4 is 0 Å². The molecule has 0 amide bonds. The Morgan fingerprint density at radius 2 is 1.82 bits per heavy atom. The molecule has 4 aliphatic carbocycles. The van der Waals surface area contributed by atoms with Crippen LogP contribution >= 0.6 is 0 Å². The van der Waals surface area contributed by atoms with Crippen LogP contribution in [0.15, 0.2) is 23.8 Å². The Morgan fingerprint density at radius 1 is 1.11 bits per heavy atom. The molecule has 3 nitrogen and oxygen atoms in total. The molecule has 0 radical (unpaired) electrons. The largest absolute Gasteiger partial charge is 0.481 e. The maximum absolute atomic E-state index is 13.1. The fraction of sp³-hybridized carbons (Fsp3) is 0.760. The lowest BCUT2D eigenvalue weighted by molar-refractivity contribution is -0.194.